The summed E-state index contributed by atoms with van der Waals surface area (Å²) in [5.74, 6) is 0. The lowest BCUT2D eigenvalue weighted by Crippen LogP contribution is -2.34. The minimum absolute atomic E-state index is 0.365. The molecule has 0 radical (unpaired) electrons. The average molecular weight is 1030 g/mol. The second-order valence-electron chi connectivity index (χ2n) is 23.9. The Balaban J connectivity index is 1.21. The van der Waals surface area contributed by atoms with Crippen molar-refractivity contribution in [2.45, 2.75) is 77.0 Å². The number of rotatable bonds is 5. The lowest BCUT2D eigenvalue weighted by Gasteiger charge is -2.47. The van der Waals surface area contributed by atoms with Crippen molar-refractivity contribution in [3.8, 4) is 23.3 Å². The molecule has 80 heavy (non-hydrogen) atoms. The van der Waals surface area contributed by atoms with Crippen molar-refractivity contribution in [3.05, 3.63) is 274 Å². The molecule has 0 amide bonds. The summed E-state index contributed by atoms with van der Waals surface area (Å²) in [4.78, 5) is 9.64. The van der Waals surface area contributed by atoms with Gasteiger partial charge in [0.05, 0.1) is 79.4 Å². The normalized spacial score (nSPS) is 16.0. The van der Waals surface area contributed by atoms with E-state index in [9.17, 15) is 10.5 Å². The summed E-state index contributed by atoms with van der Waals surface area (Å²) in [5.41, 5.74) is 22.0. The molecule has 0 aromatic heterocycles. The first kappa shape index (κ1) is 48.7. The minimum atomic E-state index is -0.380. The summed E-state index contributed by atoms with van der Waals surface area (Å²) < 4.78 is 0. The Morgan fingerprint density at radius 1 is 0.237 bits per heavy atom. The van der Waals surface area contributed by atoms with Gasteiger partial charge in [0.2, 0.25) is 0 Å². The number of para-hydroxylation sites is 8. The summed E-state index contributed by atoms with van der Waals surface area (Å²) in [6.45, 7) is 18.5. The van der Waals surface area contributed by atoms with Gasteiger partial charge in [-0.05, 0) is 105 Å². The molecule has 4 heterocycles. The van der Waals surface area contributed by atoms with Gasteiger partial charge in [-0.15, -0.1) is 0 Å². The highest BCUT2D eigenvalue weighted by Crippen LogP contribution is 2.65. The van der Waals surface area contributed by atoms with Gasteiger partial charge < -0.3 is 19.6 Å². The number of nitrogens with zero attached hydrogens (tertiary/aromatic N) is 6. The first-order chi connectivity index (χ1) is 38.7. The van der Waals surface area contributed by atoms with Gasteiger partial charge in [0, 0.05) is 32.8 Å². The second-order valence-corrected chi connectivity index (χ2v) is 23.9. The van der Waals surface area contributed by atoms with E-state index >= 15 is 0 Å². The van der Waals surface area contributed by atoms with Crippen molar-refractivity contribution in [2.75, 3.05) is 19.6 Å². The summed E-state index contributed by atoms with van der Waals surface area (Å²) in [6, 6.07) is 84.0. The molecule has 0 spiro atoms. The van der Waals surface area contributed by atoms with E-state index in [0.717, 1.165) is 102 Å². The summed E-state index contributed by atoms with van der Waals surface area (Å²) in [7, 11) is 0. The van der Waals surface area contributed by atoms with E-state index in [1.54, 1.807) is 0 Å². The molecule has 14 rings (SSSR count). The fourth-order valence-electron chi connectivity index (χ4n) is 14.3. The van der Waals surface area contributed by atoms with Crippen LogP contribution in [0, 0.1) is 22.7 Å². The number of hydrogen-bond donors (Lipinski definition) is 0. The van der Waals surface area contributed by atoms with Gasteiger partial charge in [-0.25, -0.2) is 0 Å². The molecule has 10 aromatic rings. The Morgan fingerprint density at radius 3 is 0.600 bits per heavy atom. The van der Waals surface area contributed by atoms with E-state index in [2.05, 4.69) is 293 Å². The first-order valence-electron chi connectivity index (χ1n) is 27.8. The quantitative estimate of drug-likeness (QED) is 0.171. The molecule has 0 saturated carbocycles. The number of anilines is 12. The van der Waals surface area contributed by atoms with Crippen molar-refractivity contribution < 1.29 is 0 Å². The van der Waals surface area contributed by atoms with Crippen LogP contribution >= 0.6 is 0 Å². The van der Waals surface area contributed by atoms with Crippen LogP contribution in [0.3, 0.4) is 0 Å². The predicted octanol–water partition coefficient (Wildman–Crippen LogP) is 19.5. The molecule has 10 aromatic carbocycles. The summed E-state index contributed by atoms with van der Waals surface area (Å²) >= 11 is 0. The smallest absolute Gasteiger partial charge is 0.101 e. The molecule has 0 saturated heterocycles. The SMILES string of the molecule is CC1(C)c2ccccc2N(c2c(C#N)ccc(-c3ccc(C#N)c(N4c5ccccc5C(C)(C)c5ccccc54)c3N3c4ccccc4C(C)(C)c4ccccc43)c2N2c3ccccc3C(C)(C)c3ccccc32)c2ccccc21. The molecule has 0 fully saturated rings. The van der Waals surface area contributed by atoms with E-state index in [1.165, 1.54) is 22.3 Å². The third-order valence-electron chi connectivity index (χ3n) is 18.3. The van der Waals surface area contributed by atoms with Crippen molar-refractivity contribution in [3.63, 3.8) is 0 Å². The summed E-state index contributed by atoms with van der Waals surface area (Å²) in [5, 5.41) is 23.8. The first-order valence-corrected chi connectivity index (χ1v) is 27.8. The molecule has 6 heteroatoms. The van der Waals surface area contributed by atoms with Crippen LogP contribution in [0.4, 0.5) is 68.2 Å². The van der Waals surface area contributed by atoms with E-state index in [-0.39, 0.29) is 21.7 Å². The number of fused-ring (bicyclic) bond motifs is 8. The van der Waals surface area contributed by atoms with Crippen LogP contribution in [0.25, 0.3) is 11.1 Å². The predicted molar refractivity (Wildman–Crippen MR) is 329 cm³/mol. The van der Waals surface area contributed by atoms with Crippen LogP contribution in [0.1, 0.15) is 111 Å². The molecule has 0 unspecified atom stereocenters. The van der Waals surface area contributed by atoms with Gasteiger partial charge in [-0.2, -0.15) is 10.5 Å². The zero-order valence-electron chi connectivity index (χ0n) is 46.5. The number of hydrogen-bond acceptors (Lipinski definition) is 6. The zero-order chi connectivity index (χ0) is 55.0. The van der Waals surface area contributed by atoms with Crippen LogP contribution < -0.4 is 19.6 Å². The molecule has 4 aliphatic heterocycles. The average Bonchev–Trinajstić information content (AvgIpc) is 3.62. The van der Waals surface area contributed by atoms with Gasteiger partial charge in [0.15, 0.2) is 0 Å². The van der Waals surface area contributed by atoms with Crippen LogP contribution in [0.2, 0.25) is 0 Å². The fourth-order valence-corrected chi connectivity index (χ4v) is 14.3. The van der Waals surface area contributed by atoms with Gasteiger partial charge in [0.25, 0.3) is 0 Å². The number of benzene rings is 10. The van der Waals surface area contributed by atoms with Crippen molar-refractivity contribution in [1.29, 1.82) is 10.5 Å². The zero-order valence-corrected chi connectivity index (χ0v) is 46.5. The van der Waals surface area contributed by atoms with Gasteiger partial charge in [-0.3, -0.25) is 0 Å². The third-order valence-corrected chi connectivity index (χ3v) is 18.3. The van der Waals surface area contributed by atoms with E-state index in [0.29, 0.717) is 11.1 Å². The maximum atomic E-state index is 11.9. The Hall–Kier alpha value is -9.62. The molecule has 0 atom stereocenters. The van der Waals surface area contributed by atoms with E-state index in [4.69, 9.17) is 0 Å². The van der Waals surface area contributed by atoms with Gasteiger partial charge in [0.1, 0.15) is 12.1 Å². The standard InChI is InChI=1S/C74H60N6/c1-71(2)51-25-9-17-33-59(51)77(60-34-18-10-26-52(60)71)67-47(45-75)41-43-49(69(67)79-63-37-21-13-29-55(63)73(5,6)56-30-14-22-38-64(56)79)50-44-42-48(46-76)68(78-61-35-19-11-27-53(61)72(3,4)54-28-12-20-36-62(54)78)70(50)80-65-39-23-15-31-57(65)74(7,8)58-32-16-24-40-66(58)80/h9-44H,1-8H3. The minimum Gasteiger partial charge on any atom is -0.307 e. The van der Waals surface area contributed by atoms with Crippen LogP contribution in [0.15, 0.2) is 218 Å². The third kappa shape index (κ3) is 6.63. The van der Waals surface area contributed by atoms with E-state index in [1.807, 2.05) is 12.1 Å². The molecule has 0 N–H and O–H groups in total. The largest absolute Gasteiger partial charge is 0.307 e. The maximum Gasteiger partial charge on any atom is 0.101 e. The molecular weight excluding hydrogens is 973 g/mol. The highest BCUT2D eigenvalue weighted by molar-refractivity contribution is 6.11. The molecule has 0 aliphatic carbocycles. The lowest BCUT2D eigenvalue weighted by atomic mass is 9.72. The highest BCUT2D eigenvalue weighted by Gasteiger charge is 2.46. The molecule has 4 aliphatic rings. The number of nitriles is 2. The van der Waals surface area contributed by atoms with Crippen molar-refractivity contribution in [1.82, 2.24) is 0 Å². The molecule has 6 nitrogen and oxygen atoms in total. The Labute approximate surface area is 470 Å². The van der Waals surface area contributed by atoms with Crippen LogP contribution in [0.5, 0.6) is 0 Å². The molecular formula is C74H60N6. The topological polar surface area (TPSA) is 60.5 Å². The highest BCUT2D eigenvalue weighted by atomic mass is 15.3. The van der Waals surface area contributed by atoms with Gasteiger partial charge >= 0.3 is 0 Å². The lowest BCUT2D eigenvalue weighted by molar-refractivity contribution is 0.630. The molecule has 386 valence electrons. The monoisotopic (exact) mass is 1030 g/mol. The van der Waals surface area contributed by atoms with Crippen LogP contribution in [-0.2, 0) is 21.7 Å². The Morgan fingerprint density at radius 2 is 0.412 bits per heavy atom. The van der Waals surface area contributed by atoms with Crippen LogP contribution in [-0.4, -0.2) is 0 Å². The molecule has 0 bridgehead atoms. The Bertz CT molecular complexity index is 3860. The van der Waals surface area contributed by atoms with E-state index < -0.39 is 0 Å². The summed E-state index contributed by atoms with van der Waals surface area (Å²) in [6.07, 6.45) is 0. The second kappa shape index (κ2) is 17.4. The Kier molecular flexibility index (Phi) is 10.6. The van der Waals surface area contributed by atoms with Crippen molar-refractivity contribution >= 4 is 68.2 Å². The fraction of sp³-hybridized carbons (Fsp3) is 0.162. The van der Waals surface area contributed by atoms with Gasteiger partial charge in [-0.1, -0.05) is 213 Å². The maximum absolute atomic E-state index is 11.9. The van der Waals surface area contributed by atoms with Crippen molar-refractivity contribution in [2.24, 2.45) is 0 Å².